The van der Waals surface area contributed by atoms with Crippen molar-refractivity contribution in [3.63, 3.8) is 0 Å². The molecule has 0 N–H and O–H groups in total. The Morgan fingerprint density at radius 3 is 2.66 bits per heavy atom. The van der Waals surface area contributed by atoms with E-state index in [1.165, 1.54) is 29.6 Å². The third-order valence-corrected chi connectivity index (χ3v) is 9.05. The largest absolute Gasteiger partial charge is 0.335 e. The average Bonchev–Trinajstić information content (AvgIpc) is 3.29. The van der Waals surface area contributed by atoms with E-state index in [9.17, 15) is 9.18 Å². The van der Waals surface area contributed by atoms with Crippen molar-refractivity contribution in [2.45, 2.75) is 25.7 Å². The monoisotopic (exact) mass is 508 g/mol. The number of hydrogen-bond acceptors (Lipinski definition) is 4. The SMILES string of the molecule is Cc1cc2c(cnn2-c2ccc(F)cc2)cc1[C@]12CN(C(=O)c3ncnn3C)C[C@H]1[C@@H]2C1(C)C=CC=CC1. The quantitative estimate of drug-likeness (QED) is 0.399. The molecule has 0 radical (unpaired) electrons. The topological polar surface area (TPSA) is 68.8 Å². The third-order valence-electron chi connectivity index (χ3n) is 9.05. The predicted molar refractivity (Wildman–Crippen MR) is 142 cm³/mol. The van der Waals surface area contributed by atoms with Crippen molar-refractivity contribution in [1.29, 1.82) is 0 Å². The lowest BCUT2D eigenvalue weighted by Gasteiger charge is -2.34. The van der Waals surface area contributed by atoms with E-state index in [0.29, 0.717) is 30.7 Å². The van der Waals surface area contributed by atoms with Crippen LogP contribution in [0.2, 0.25) is 0 Å². The summed E-state index contributed by atoms with van der Waals surface area (Å²) in [5, 5.41) is 9.78. The number of aromatic nitrogens is 5. The van der Waals surface area contributed by atoms with Gasteiger partial charge in [-0.1, -0.05) is 31.2 Å². The van der Waals surface area contributed by atoms with Crippen molar-refractivity contribution >= 4 is 16.8 Å². The van der Waals surface area contributed by atoms with E-state index >= 15 is 0 Å². The van der Waals surface area contributed by atoms with Crippen LogP contribution < -0.4 is 0 Å². The number of carbonyl (C=O) groups is 1. The standard InChI is InChI=1S/C30H29FN6O/c1-19-13-25-20(15-33-37(25)22-9-7-21(31)8-10-22)14-23(19)30-17-36(28(38)27-32-18-34-35(27)3)16-24(30)26(30)29(2)11-5-4-6-12-29/h4-11,13-15,18,24,26H,12,16-17H2,1-3H3/t24-,26+,29?,30+/m0/s1. The second kappa shape index (κ2) is 7.96. The van der Waals surface area contributed by atoms with Crippen LogP contribution in [-0.2, 0) is 12.5 Å². The van der Waals surface area contributed by atoms with Crippen molar-refractivity contribution in [2.75, 3.05) is 13.1 Å². The molecule has 1 saturated carbocycles. The van der Waals surface area contributed by atoms with Gasteiger partial charge in [0.05, 0.1) is 17.4 Å². The number of amides is 1. The molecule has 2 aromatic carbocycles. The first-order valence-corrected chi connectivity index (χ1v) is 13.0. The summed E-state index contributed by atoms with van der Waals surface area (Å²) in [7, 11) is 1.76. The maximum atomic E-state index is 13.5. The molecular formula is C30H29FN6O. The highest BCUT2D eigenvalue weighted by atomic mass is 19.1. The van der Waals surface area contributed by atoms with Crippen LogP contribution in [0.5, 0.6) is 0 Å². The van der Waals surface area contributed by atoms with Crippen molar-refractivity contribution < 1.29 is 9.18 Å². The highest BCUT2D eigenvalue weighted by Crippen LogP contribution is 2.72. The zero-order valence-electron chi connectivity index (χ0n) is 21.7. The number of piperidine rings is 1. The molecule has 0 bridgehead atoms. The first kappa shape index (κ1) is 23.1. The lowest BCUT2D eigenvalue weighted by molar-refractivity contribution is 0.0732. The molecule has 4 atom stereocenters. The lowest BCUT2D eigenvalue weighted by atomic mass is 9.73. The fraction of sp³-hybridized carbons (Fsp3) is 0.333. The maximum absolute atomic E-state index is 13.5. The molecule has 1 aliphatic heterocycles. The van der Waals surface area contributed by atoms with Crippen LogP contribution >= 0.6 is 0 Å². The predicted octanol–water partition coefficient (Wildman–Crippen LogP) is 4.76. The highest BCUT2D eigenvalue weighted by molar-refractivity contribution is 5.91. The number of hydrogen-bond donors (Lipinski definition) is 0. The van der Waals surface area contributed by atoms with Gasteiger partial charge in [-0.2, -0.15) is 10.2 Å². The van der Waals surface area contributed by atoms with Gasteiger partial charge in [-0.15, -0.1) is 0 Å². The summed E-state index contributed by atoms with van der Waals surface area (Å²) < 4.78 is 16.9. The van der Waals surface area contributed by atoms with E-state index in [2.05, 4.69) is 65.5 Å². The minimum Gasteiger partial charge on any atom is -0.335 e. The second-order valence-electron chi connectivity index (χ2n) is 11.3. The van der Waals surface area contributed by atoms with E-state index in [-0.39, 0.29) is 22.6 Å². The van der Waals surface area contributed by atoms with Gasteiger partial charge in [-0.05, 0) is 78.1 Å². The molecular weight excluding hydrogens is 479 g/mol. The number of nitrogens with zero attached hydrogens (tertiary/aromatic N) is 6. The molecule has 7 rings (SSSR count). The third kappa shape index (κ3) is 3.19. The number of halogens is 1. The normalized spacial score (nSPS) is 27.7. The summed E-state index contributed by atoms with van der Waals surface area (Å²) >= 11 is 0. The van der Waals surface area contributed by atoms with Crippen molar-refractivity contribution in [1.82, 2.24) is 29.4 Å². The molecule has 8 heteroatoms. The summed E-state index contributed by atoms with van der Waals surface area (Å²) in [6.07, 6.45) is 13.2. The van der Waals surface area contributed by atoms with Crippen LogP contribution in [-0.4, -0.2) is 48.4 Å². The fourth-order valence-corrected chi connectivity index (χ4v) is 7.35. The lowest BCUT2D eigenvalue weighted by Crippen LogP contribution is -2.39. The van der Waals surface area contributed by atoms with E-state index < -0.39 is 0 Å². The Hall–Kier alpha value is -4.07. The zero-order chi connectivity index (χ0) is 26.2. The Bertz CT molecular complexity index is 1650. The summed E-state index contributed by atoms with van der Waals surface area (Å²) in [5.74, 6) is 0.808. The van der Waals surface area contributed by atoms with Gasteiger partial charge in [0.25, 0.3) is 5.91 Å². The van der Waals surface area contributed by atoms with E-state index in [1.54, 1.807) is 23.9 Å². The van der Waals surface area contributed by atoms with E-state index in [4.69, 9.17) is 0 Å². The highest BCUT2D eigenvalue weighted by Gasteiger charge is 2.74. The first-order valence-electron chi connectivity index (χ1n) is 13.0. The molecule has 38 heavy (non-hydrogen) atoms. The van der Waals surface area contributed by atoms with Crippen LogP contribution in [0, 0.1) is 30.0 Å². The number of benzene rings is 2. The summed E-state index contributed by atoms with van der Waals surface area (Å²) in [4.78, 5) is 19.6. The molecule has 2 aromatic heterocycles. The fourth-order valence-electron chi connectivity index (χ4n) is 7.35. The van der Waals surface area contributed by atoms with Gasteiger partial charge in [0.15, 0.2) is 0 Å². The minimum absolute atomic E-state index is 0.0268. The number of aryl methyl sites for hydroxylation is 2. The zero-order valence-corrected chi connectivity index (χ0v) is 21.7. The van der Waals surface area contributed by atoms with Gasteiger partial charge in [-0.3, -0.25) is 4.79 Å². The van der Waals surface area contributed by atoms with Crippen LogP contribution in [0.25, 0.3) is 16.6 Å². The second-order valence-corrected chi connectivity index (χ2v) is 11.3. The van der Waals surface area contributed by atoms with Crippen molar-refractivity contribution in [2.24, 2.45) is 24.3 Å². The molecule has 3 aliphatic rings. The molecule has 3 heterocycles. The Labute approximate surface area is 220 Å². The number of likely N-dealkylation sites (tertiary alicyclic amines) is 1. The first-order chi connectivity index (χ1) is 18.3. The summed E-state index contributed by atoms with van der Waals surface area (Å²) in [6.45, 7) is 5.87. The smallest absolute Gasteiger partial charge is 0.291 e. The maximum Gasteiger partial charge on any atom is 0.291 e. The number of fused-ring (bicyclic) bond motifs is 2. The van der Waals surface area contributed by atoms with Crippen LogP contribution in [0.1, 0.15) is 35.1 Å². The number of carbonyl (C=O) groups excluding carboxylic acids is 1. The minimum atomic E-state index is -0.268. The Balaban J connectivity index is 1.31. The molecule has 1 unspecified atom stereocenters. The molecule has 7 nitrogen and oxygen atoms in total. The van der Waals surface area contributed by atoms with E-state index in [0.717, 1.165) is 23.0 Å². The van der Waals surface area contributed by atoms with Gasteiger partial charge in [0.2, 0.25) is 5.82 Å². The van der Waals surface area contributed by atoms with Crippen molar-refractivity contribution in [3.05, 3.63) is 96.0 Å². The summed E-state index contributed by atoms with van der Waals surface area (Å²) in [5.41, 5.74) is 4.16. The molecule has 1 saturated heterocycles. The van der Waals surface area contributed by atoms with Gasteiger partial charge >= 0.3 is 0 Å². The Morgan fingerprint density at radius 2 is 1.95 bits per heavy atom. The van der Waals surface area contributed by atoms with Gasteiger partial charge in [0, 0.05) is 30.9 Å². The van der Waals surface area contributed by atoms with Crippen LogP contribution in [0.15, 0.2) is 73.2 Å². The van der Waals surface area contributed by atoms with E-state index in [1.807, 2.05) is 15.8 Å². The van der Waals surface area contributed by atoms with Crippen LogP contribution in [0.4, 0.5) is 4.39 Å². The van der Waals surface area contributed by atoms with Crippen LogP contribution in [0.3, 0.4) is 0 Å². The Kier molecular flexibility index (Phi) is 4.84. The molecule has 2 fully saturated rings. The van der Waals surface area contributed by atoms with Gasteiger partial charge in [-0.25, -0.2) is 18.7 Å². The molecule has 1 amide bonds. The average molecular weight is 509 g/mol. The van der Waals surface area contributed by atoms with Gasteiger partial charge in [0.1, 0.15) is 12.1 Å². The molecule has 2 aliphatic carbocycles. The number of rotatable bonds is 4. The number of allylic oxidation sites excluding steroid dienone is 4. The molecule has 4 aromatic rings. The Morgan fingerprint density at radius 1 is 1.13 bits per heavy atom. The van der Waals surface area contributed by atoms with Gasteiger partial charge < -0.3 is 4.90 Å². The molecule has 192 valence electrons. The molecule has 0 spiro atoms. The summed E-state index contributed by atoms with van der Waals surface area (Å²) in [6, 6.07) is 10.9. The van der Waals surface area contributed by atoms with Crippen molar-refractivity contribution in [3.8, 4) is 5.69 Å².